The van der Waals surface area contributed by atoms with Gasteiger partial charge in [-0.15, -0.1) is 0 Å². The number of carbonyl (C=O) groups is 4. The number of ether oxygens (including phenoxy) is 4. The third-order valence-corrected chi connectivity index (χ3v) is 10.9. The van der Waals surface area contributed by atoms with Gasteiger partial charge in [-0.1, -0.05) is 111 Å². The van der Waals surface area contributed by atoms with Crippen molar-refractivity contribution in [2.75, 3.05) is 13.2 Å². The summed E-state index contributed by atoms with van der Waals surface area (Å²) in [7, 11) is 0. The SMILES string of the molecule is CC(COC(=O)c1c(Cl)c(Cl)cc(Cl)c1OC(=O)C(=O)Oc1c(Cl)cc(Cl)c(Cl)c1C(=O)OCC(C)C1CC1(C)C)C1CC1(C)C. The largest absolute Gasteiger partial charge is 0.462 e. The Morgan fingerprint density at radius 1 is 0.652 bits per heavy atom. The second kappa shape index (κ2) is 13.9. The van der Waals surface area contributed by atoms with Crippen LogP contribution in [0.4, 0.5) is 0 Å². The third-order valence-electron chi connectivity index (χ3n) is 8.73. The van der Waals surface area contributed by atoms with Crippen molar-refractivity contribution in [3.05, 3.63) is 53.4 Å². The lowest BCUT2D eigenvalue weighted by molar-refractivity contribution is -0.156. The molecule has 2 aliphatic rings. The minimum atomic E-state index is -1.64. The number of esters is 4. The second-order valence-corrected chi connectivity index (χ2v) is 15.6. The summed E-state index contributed by atoms with van der Waals surface area (Å²) in [5.41, 5.74) is -0.645. The van der Waals surface area contributed by atoms with Gasteiger partial charge in [0.1, 0.15) is 11.1 Å². The molecular formula is C32H32Cl6O8. The van der Waals surface area contributed by atoms with Gasteiger partial charge in [0, 0.05) is 0 Å². The maximum Gasteiger partial charge on any atom is 0.423 e. The van der Waals surface area contributed by atoms with E-state index in [0.29, 0.717) is 11.8 Å². The molecule has 0 saturated heterocycles. The van der Waals surface area contributed by atoms with Crippen LogP contribution in [0.1, 0.15) is 75.1 Å². The molecule has 0 aromatic heterocycles. The van der Waals surface area contributed by atoms with Crippen LogP contribution >= 0.6 is 69.6 Å². The standard InChI is InChI=1S/C32H32Cl6O8/c1-13(15-9-31(15,3)4)11-43-27(39)21-23(37)17(33)7-19(35)25(21)45-29(41)30(42)46-26-20(36)8-18(34)24(38)22(26)28(40)44-12-14(2)16-10-32(16,5)6/h7-8,13-16H,9-12H2,1-6H3. The van der Waals surface area contributed by atoms with E-state index in [4.69, 9.17) is 88.6 Å². The lowest BCUT2D eigenvalue weighted by atomic mass is 10.00. The Balaban J connectivity index is 1.52. The Morgan fingerprint density at radius 3 is 1.24 bits per heavy atom. The normalized spacial score (nSPS) is 20.3. The van der Waals surface area contributed by atoms with Gasteiger partial charge in [0.2, 0.25) is 0 Å². The molecule has 0 bridgehead atoms. The van der Waals surface area contributed by atoms with E-state index in [1.165, 1.54) is 0 Å². The first-order chi connectivity index (χ1) is 21.3. The first kappa shape index (κ1) is 36.9. The molecule has 0 amide bonds. The minimum Gasteiger partial charge on any atom is -0.462 e. The minimum absolute atomic E-state index is 0.0361. The number of benzene rings is 2. The van der Waals surface area contributed by atoms with Crippen LogP contribution in [0, 0.1) is 34.5 Å². The van der Waals surface area contributed by atoms with Crippen molar-refractivity contribution < 1.29 is 38.1 Å². The van der Waals surface area contributed by atoms with E-state index in [9.17, 15) is 19.2 Å². The van der Waals surface area contributed by atoms with E-state index in [-0.39, 0.29) is 66.0 Å². The Morgan fingerprint density at radius 2 is 0.957 bits per heavy atom. The second-order valence-electron chi connectivity index (χ2n) is 13.2. The molecule has 0 N–H and O–H groups in total. The summed E-state index contributed by atoms with van der Waals surface area (Å²) >= 11 is 37.4. The van der Waals surface area contributed by atoms with E-state index in [2.05, 4.69) is 27.7 Å². The number of carbonyl (C=O) groups excluding carboxylic acids is 4. The molecule has 4 unspecified atom stereocenters. The lowest BCUT2D eigenvalue weighted by Gasteiger charge is -2.17. The first-order valence-electron chi connectivity index (χ1n) is 14.4. The Bertz CT molecular complexity index is 1490. The van der Waals surface area contributed by atoms with E-state index >= 15 is 0 Å². The highest BCUT2D eigenvalue weighted by Crippen LogP contribution is 2.56. The van der Waals surface area contributed by atoms with Crippen LogP contribution in [0.5, 0.6) is 11.5 Å². The van der Waals surface area contributed by atoms with Crippen molar-refractivity contribution in [1.29, 1.82) is 0 Å². The van der Waals surface area contributed by atoms with Crippen molar-refractivity contribution in [3.8, 4) is 11.5 Å². The summed E-state index contributed by atoms with van der Waals surface area (Å²) in [5.74, 6) is -5.62. The molecule has 14 heteroatoms. The fourth-order valence-electron chi connectivity index (χ4n) is 5.74. The molecule has 0 spiro atoms. The smallest absolute Gasteiger partial charge is 0.423 e. The van der Waals surface area contributed by atoms with Crippen molar-refractivity contribution in [3.63, 3.8) is 0 Å². The van der Waals surface area contributed by atoms with Gasteiger partial charge in [0.05, 0.1) is 43.3 Å². The predicted octanol–water partition coefficient (Wildman–Crippen LogP) is 9.80. The zero-order valence-electron chi connectivity index (χ0n) is 25.8. The van der Waals surface area contributed by atoms with Crippen molar-refractivity contribution in [2.45, 2.75) is 54.4 Å². The van der Waals surface area contributed by atoms with Crippen LogP contribution in [0.15, 0.2) is 12.1 Å². The topological polar surface area (TPSA) is 105 Å². The van der Waals surface area contributed by atoms with E-state index in [1.807, 2.05) is 13.8 Å². The molecule has 2 aromatic carbocycles. The maximum absolute atomic E-state index is 13.1. The predicted molar refractivity (Wildman–Crippen MR) is 177 cm³/mol. The van der Waals surface area contributed by atoms with Gasteiger partial charge in [0.25, 0.3) is 0 Å². The molecule has 0 aliphatic heterocycles. The van der Waals surface area contributed by atoms with E-state index < -0.39 is 46.5 Å². The number of rotatable bonds is 10. The summed E-state index contributed by atoms with van der Waals surface area (Å²) in [4.78, 5) is 52.2. The Labute approximate surface area is 297 Å². The van der Waals surface area contributed by atoms with Gasteiger partial charge < -0.3 is 18.9 Å². The van der Waals surface area contributed by atoms with Gasteiger partial charge in [-0.25, -0.2) is 19.2 Å². The van der Waals surface area contributed by atoms with Crippen LogP contribution in [-0.2, 0) is 19.1 Å². The highest BCUT2D eigenvalue weighted by molar-refractivity contribution is 6.47. The van der Waals surface area contributed by atoms with Gasteiger partial charge in [-0.2, -0.15) is 0 Å². The van der Waals surface area contributed by atoms with Gasteiger partial charge >= 0.3 is 23.9 Å². The molecule has 4 atom stereocenters. The monoisotopic (exact) mass is 754 g/mol. The average molecular weight is 757 g/mol. The summed E-state index contributed by atoms with van der Waals surface area (Å²) in [6.07, 6.45) is 1.97. The van der Waals surface area contributed by atoms with Crippen molar-refractivity contribution in [2.24, 2.45) is 34.5 Å². The number of hydrogen-bond acceptors (Lipinski definition) is 8. The molecule has 2 saturated carbocycles. The van der Waals surface area contributed by atoms with E-state index in [1.54, 1.807) is 0 Å². The molecule has 46 heavy (non-hydrogen) atoms. The first-order valence-corrected chi connectivity index (χ1v) is 16.7. The highest BCUT2D eigenvalue weighted by atomic mass is 35.5. The summed E-state index contributed by atoms with van der Waals surface area (Å²) in [6, 6.07) is 2.25. The van der Waals surface area contributed by atoms with Crippen LogP contribution < -0.4 is 9.47 Å². The lowest BCUT2D eigenvalue weighted by Crippen LogP contribution is -2.28. The zero-order chi connectivity index (χ0) is 34.5. The van der Waals surface area contributed by atoms with Crippen LogP contribution in [-0.4, -0.2) is 37.1 Å². The molecule has 8 nitrogen and oxygen atoms in total. The fraction of sp³-hybridized carbons (Fsp3) is 0.500. The molecule has 4 rings (SSSR count). The number of halogens is 6. The van der Waals surface area contributed by atoms with E-state index in [0.717, 1.165) is 25.0 Å². The summed E-state index contributed by atoms with van der Waals surface area (Å²) in [6.45, 7) is 12.5. The van der Waals surface area contributed by atoms with Crippen LogP contribution in [0.2, 0.25) is 30.1 Å². The Hall–Kier alpha value is -1.94. The molecule has 250 valence electrons. The molecular weight excluding hydrogens is 725 g/mol. The van der Waals surface area contributed by atoms with Crippen molar-refractivity contribution >= 4 is 93.5 Å². The van der Waals surface area contributed by atoms with Gasteiger partial charge in [0.15, 0.2) is 11.5 Å². The van der Waals surface area contributed by atoms with Crippen molar-refractivity contribution in [1.82, 2.24) is 0 Å². The maximum atomic E-state index is 13.1. The molecule has 0 heterocycles. The summed E-state index contributed by atoms with van der Waals surface area (Å²) in [5, 5.41) is -1.50. The van der Waals surface area contributed by atoms with Gasteiger partial charge in [-0.05, 0) is 59.5 Å². The van der Waals surface area contributed by atoms with Crippen LogP contribution in [0.25, 0.3) is 0 Å². The fourth-order valence-corrected chi connectivity index (χ4v) is 7.18. The molecule has 2 aromatic rings. The average Bonchev–Trinajstić information content (AvgIpc) is 3.83. The molecule has 2 fully saturated rings. The highest BCUT2D eigenvalue weighted by Gasteiger charge is 2.49. The van der Waals surface area contributed by atoms with Gasteiger partial charge in [-0.3, -0.25) is 0 Å². The molecule has 2 aliphatic carbocycles. The quantitative estimate of drug-likeness (QED) is 0.102. The Kier molecular flexibility index (Phi) is 11.1. The number of hydrogen-bond donors (Lipinski definition) is 0. The third kappa shape index (κ3) is 8.01. The molecule has 0 radical (unpaired) electrons. The summed E-state index contributed by atoms with van der Waals surface area (Å²) < 4.78 is 21.3. The zero-order valence-corrected chi connectivity index (χ0v) is 30.4. The van der Waals surface area contributed by atoms with Crippen LogP contribution in [0.3, 0.4) is 0 Å².